The zero-order chi connectivity index (χ0) is 19.8. The smallest absolute Gasteiger partial charge is 0.338 e. The second-order valence-electron chi connectivity index (χ2n) is 5.93. The van der Waals surface area contributed by atoms with Gasteiger partial charge in [-0.05, 0) is 48.9 Å². The fraction of sp³-hybridized carbons (Fsp3) is 0.143. The Kier molecular flexibility index (Phi) is 6.30. The number of esters is 1. The molecular weight excluding hydrogens is 356 g/mol. The monoisotopic (exact) mass is 376 g/mol. The van der Waals surface area contributed by atoms with Crippen molar-refractivity contribution in [1.82, 2.24) is 9.97 Å². The molecule has 1 amide bonds. The molecule has 0 saturated carbocycles. The first-order valence-corrected chi connectivity index (χ1v) is 8.82. The summed E-state index contributed by atoms with van der Waals surface area (Å²) in [6, 6.07) is 12.1. The van der Waals surface area contributed by atoms with Crippen LogP contribution < -0.4 is 10.6 Å². The number of anilines is 2. The topological polar surface area (TPSA) is 93.2 Å². The highest BCUT2D eigenvalue weighted by Gasteiger charge is 2.10. The van der Waals surface area contributed by atoms with Crippen molar-refractivity contribution in [2.45, 2.75) is 13.5 Å². The average molecular weight is 376 g/mol. The van der Waals surface area contributed by atoms with Crippen molar-refractivity contribution >= 4 is 23.3 Å². The van der Waals surface area contributed by atoms with Crippen LogP contribution >= 0.6 is 0 Å². The Bertz CT molecular complexity index is 943. The number of pyridine rings is 2. The van der Waals surface area contributed by atoms with E-state index in [1.165, 1.54) is 6.20 Å². The molecule has 0 aliphatic carbocycles. The van der Waals surface area contributed by atoms with Crippen molar-refractivity contribution in [3.8, 4) is 0 Å². The maximum absolute atomic E-state index is 12.5. The number of rotatable bonds is 7. The molecule has 2 N–H and O–H groups in total. The first kappa shape index (κ1) is 19.0. The highest BCUT2D eigenvalue weighted by molar-refractivity contribution is 6.04. The first-order valence-electron chi connectivity index (χ1n) is 8.82. The minimum atomic E-state index is -0.392. The van der Waals surface area contributed by atoms with E-state index in [4.69, 9.17) is 4.74 Å². The summed E-state index contributed by atoms with van der Waals surface area (Å²) in [6.07, 6.45) is 6.64. The summed E-state index contributed by atoms with van der Waals surface area (Å²) in [7, 11) is 0. The van der Waals surface area contributed by atoms with Crippen LogP contribution in [0, 0.1) is 0 Å². The van der Waals surface area contributed by atoms with Gasteiger partial charge in [0, 0.05) is 37.0 Å². The average Bonchev–Trinajstić information content (AvgIpc) is 2.74. The summed E-state index contributed by atoms with van der Waals surface area (Å²) >= 11 is 0. The van der Waals surface area contributed by atoms with Gasteiger partial charge in [0.1, 0.15) is 0 Å². The summed E-state index contributed by atoms with van der Waals surface area (Å²) in [6.45, 7) is 2.64. The second kappa shape index (κ2) is 9.27. The number of nitrogens with zero attached hydrogens (tertiary/aromatic N) is 2. The summed E-state index contributed by atoms with van der Waals surface area (Å²) in [5.74, 6) is -0.682. The highest BCUT2D eigenvalue weighted by Crippen LogP contribution is 2.14. The standard InChI is InChI=1S/C21H20N4O3/c1-2-28-21(27)16-5-7-18(8-6-16)25-20(26)17-10-19(14-23-13-17)24-12-15-4-3-9-22-11-15/h3-11,13-14,24H,2,12H2,1H3,(H,25,26). The summed E-state index contributed by atoms with van der Waals surface area (Å²) in [4.78, 5) is 32.3. The Hall–Kier alpha value is -3.74. The van der Waals surface area contributed by atoms with Gasteiger partial charge in [-0.15, -0.1) is 0 Å². The number of hydrogen-bond acceptors (Lipinski definition) is 6. The molecule has 2 aromatic heterocycles. The van der Waals surface area contributed by atoms with E-state index in [1.54, 1.807) is 55.8 Å². The maximum atomic E-state index is 12.5. The number of aromatic nitrogens is 2. The number of ether oxygens (including phenoxy) is 1. The first-order chi connectivity index (χ1) is 13.7. The van der Waals surface area contributed by atoms with Crippen LogP contribution in [0.25, 0.3) is 0 Å². The van der Waals surface area contributed by atoms with Gasteiger partial charge >= 0.3 is 5.97 Å². The van der Waals surface area contributed by atoms with Crippen LogP contribution in [-0.2, 0) is 11.3 Å². The van der Waals surface area contributed by atoms with Crippen molar-refractivity contribution in [3.05, 3.63) is 83.9 Å². The van der Waals surface area contributed by atoms with Crippen molar-refractivity contribution in [3.63, 3.8) is 0 Å². The van der Waals surface area contributed by atoms with Crippen LogP contribution in [0.5, 0.6) is 0 Å². The van der Waals surface area contributed by atoms with E-state index in [2.05, 4.69) is 20.6 Å². The van der Waals surface area contributed by atoms with E-state index in [9.17, 15) is 9.59 Å². The molecule has 3 aromatic rings. The fourth-order valence-electron chi connectivity index (χ4n) is 2.47. The molecule has 0 fully saturated rings. The molecule has 1 aromatic carbocycles. The Morgan fingerprint density at radius 3 is 2.50 bits per heavy atom. The lowest BCUT2D eigenvalue weighted by Gasteiger charge is -2.09. The summed E-state index contributed by atoms with van der Waals surface area (Å²) in [5, 5.41) is 6.01. The SMILES string of the molecule is CCOC(=O)c1ccc(NC(=O)c2cncc(NCc3cccnc3)c2)cc1. The number of benzene rings is 1. The van der Waals surface area contributed by atoms with Gasteiger partial charge in [-0.1, -0.05) is 6.07 Å². The van der Waals surface area contributed by atoms with Gasteiger partial charge in [0.05, 0.1) is 23.4 Å². The van der Waals surface area contributed by atoms with Gasteiger partial charge in [-0.3, -0.25) is 14.8 Å². The molecule has 3 rings (SSSR count). The minimum absolute atomic E-state index is 0.290. The molecule has 28 heavy (non-hydrogen) atoms. The Morgan fingerprint density at radius 2 is 1.79 bits per heavy atom. The number of amides is 1. The normalized spacial score (nSPS) is 10.2. The van der Waals surface area contributed by atoms with Gasteiger partial charge in [0.2, 0.25) is 0 Å². The van der Waals surface area contributed by atoms with Gasteiger partial charge in [-0.25, -0.2) is 4.79 Å². The zero-order valence-electron chi connectivity index (χ0n) is 15.4. The van der Waals surface area contributed by atoms with Crippen molar-refractivity contribution in [2.24, 2.45) is 0 Å². The largest absolute Gasteiger partial charge is 0.462 e. The Labute approximate surface area is 162 Å². The molecule has 0 bridgehead atoms. The van der Waals surface area contributed by atoms with Crippen LogP contribution in [0.3, 0.4) is 0 Å². The van der Waals surface area contributed by atoms with E-state index >= 15 is 0 Å². The quantitative estimate of drug-likeness (QED) is 0.613. The molecular formula is C21H20N4O3. The molecule has 0 unspecified atom stereocenters. The lowest BCUT2D eigenvalue weighted by Crippen LogP contribution is -2.13. The molecule has 0 atom stereocenters. The van der Waals surface area contributed by atoms with Crippen molar-refractivity contribution in [1.29, 1.82) is 0 Å². The van der Waals surface area contributed by atoms with E-state index in [0.717, 1.165) is 11.3 Å². The third-order valence-corrected chi connectivity index (χ3v) is 3.87. The van der Waals surface area contributed by atoms with Crippen LogP contribution in [-0.4, -0.2) is 28.5 Å². The van der Waals surface area contributed by atoms with Crippen molar-refractivity contribution < 1.29 is 14.3 Å². The molecule has 0 spiro atoms. The summed E-state index contributed by atoms with van der Waals surface area (Å²) in [5.41, 5.74) is 3.19. The number of carbonyl (C=O) groups excluding carboxylic acids is 2. The van der Waals surface area contributed by atoms with Gasteiger partial charge in [0.25, 0.3) is 5.91 Å². The predicted octanol–water partition coefficient (Wildman–Crippen LogP) is 3.52. The zero-order valence-corrected chi connectivity index (χ0v) is 15.4. The lowest BCUT2D eigenvalue weighted by atomic mass is 10.2. The van der Waals surface area contributed by atoms with E-state index < -0.39 is 5.97 Å². The number of carbonyl (C=O) groups is 2. The Morgan fingerprint density at radius 1 is 0.964 bits per heavy atom. The lowest BCUT2D eigenvalue weighted by molar-refractivity contribution is 0.0526. The van der Waals surface area contributed by atoms with Gasteiger partial charge in [0.15, 0.2) is 0 Å². The van der Waals surface area contributed by atoms with E-state index in [1.807, 2.05) is 12.1 Å². The molecule has 142 valence electrons. The molecule has 7 nitrogen and oxygen atoms in total. The molecule has 7 heteroatoms. The summed E-state index contributed by atoms with van der Waals surface area (Å²) < 4.78 is 4.94. The molecule has 0 aliphatic rings. The maximum Gasteiger partial charge on any atom is 0.338 e. The molecule has 0 aliphatic heterocycles. The highest BCUT2D eigenvalue weighted by atomic mass is 16.5. The third-order valence-electron chi connectivity index (χ3n) is 3.87. The van der Waals surface area contributed by atoms with E-state index in [0.29, 0.717) is 30.0 Å². The Balaban J connectivity index is 1.62. The van der Waals surface area contributed by atoms with Gasteiger partial charge in [-0.2, -0.15) is 0 Å². The predicted molar refractivity (Wildman–Crippen MR) is 106 cm³/mol. The molecule has 0 saturated heterocycles. The number of hydrogen-bond donors (Lipinski definition) is 2. The third kappa shape index (κ3) is 5.14. The fourth-order valence-corrected chi connectivity index (χ4v) is 2.47. The van der Waals surface area contributed by atoms with Gasteiger partial charge < -0.3 is 15.4 Å². The van der Waals surface area contributed by atoms with E-state index in [-0.39, 0.29) is 5.91 Å². The van der Waals surface area contributed by atoms with Crippen LogP contribution in [0.4, 0.5) is 11.4 Å². The molecule has 2 heterocycles. The van der Waals surface area contributed by atoms with Crippen molar-refractivity contribution in [2.75, 3.05) is 17.2 Å². The van der Waals surface area contributed by atoms with Crippen LogP contribution in [0.1, 0.15) is 33.2 Å². The second-order valence-corrected chi connectivity index (χ2v) is 5.93. The molecule has 0 radical (unpaired) electrons. The number of nitrogens with one attached hydrogen (secondary N) is 2. The minimum Gasteiger partial charge on any atom is -0.462 e. The van der Waals surface area contributed by atoms with Crippen LogP contribution in [0.2, 0.25) is 0 Å². The van der Waals surface area contributed by atoms with Crippen LogP contribution in [0.15, 0.2) is 67.3 Å².